The van der Waals surface area contributed by atoms with Crippen LogP contribution in [0.3, 0.4) is 0 Å². The number of halogens is 6. The van der Waals surface area contributed by atoms with E-state index in [9.17, 15) is 4.79 Å². The smallest absolute Gasteiger partial charge is 0.265 e. The van der Waals surface area contributed by atoms with E-state index in [0.717, 1.165) is 0 Å². The molecule has 1 nitrogen and oxygen atoms in total. The maximum absolute atomic E-state index is 10.3. The third-order valence-corrected chi connectivity index (χ3v) is 2.69. The summed E-state index contributed by atoms with van der Waals surface area (Å²) >= 11 is 31.4. The van der Waals surface area contributed by atoms with Crippen molar-refractivity contribution in [3.8, 4) is 0 Å². The molecule has 0 unspecified atom stereocenters. The van der Waals surface area contributed by atoms with Gasteiger partial charge in [-0.15, -0.1) is 0 Å². The van der Waals surface area contributed by atoms with Gasteiger partial charge in [0.1, 0.15) is 5.03 Å². The van der Waals surface area contributed by atoms with E-state index in [-0.39, 0.29) is 0 Å². The summed E-state index contributed by atoms with van der Waals surface area (Å²) in [4.78, 5) is 10.3. The second-order valence-corrected chi connectivity index (χ2v) is 4.78. The number of allylic oxidation sites excluding steroid dienone is 2. The highest BCUT2D eigenvalue weighted by Gasteiger charge is 2.29. The first-order valence-electron chi connectivity index (χ1n) is 2.09. The van der Waals surface area contributed by atoms with Gasteiger partial charge in [0.15, 0.2) is 0 Å². The van der Waals surface area contributed by atoms with E-state index in [1.54, 1.807) is 0 Å². The van der Waals surface area contributed by atoms with E-state index in [0.29, 0.717) is 0 Å². The molecule has 0 saturated heterocycles. The van der Waals surface area contributed by atoms with Crippen molar-refractivity contribution in [1.82, 2.24) is 0 Å². The predicted octanol–water partition coefficient (Wildman–Crippen LogP) is 3.81. The average molecular weight is 277 g/mol. The molecule has 11 heavy (non-hydrogen) atoms. The normalized spacial score (nSPS) is 14.4. The quantitative estimate of drug-likeness (QED) is 0.404. The van der Waals surface area contributed by atoms with E-state index in [4.69, 9.17) is 69.6 Å². The summed E-state index contributed by atoms with van der Waals surface area (Å²) in [6.45, 7) is 0. The van der Waals surface area contributed by atoms with Gasteiger partial charge in [0.25, 0.3) is 5.24 Å². The first kappa shape index (κ1) is 12.2. The molecule has 0 aliphatic heterocycles. The molecular weight excluding hydrogens is 277 g/mol. The van der Waals surface area contributed by atoms with Crippen molar-refractivity contribution in [1.29, 1.82) is 0 Å². The summed E-state index contributed by atoms with van der Waals surface area (Å²) in [5, 5.41) is -1.87. The van der Waals surface area contributed by atoms with Crippen LogP contribution < -0.4 is 0 Å². The molecule has 0 spiro atoms. The Kier molecular flexibility index (Phi) is 4.86. The van der Waals surface area contributed by atoms with Crippen LogP contribution in [-0.4, -0.2) is 9.03 Å². The minimum absolute atomic E-state index is 0.413. The highest BCUT2D eigenvalue weighted by atomic mass is 35.6. The van der Waals surface area contributed by atoms with Crippen molar-refractivity contribution >= 4 is 74.8 Å². The highest BCUT2D eigenvalue weighted by Crippen LogP contribution is 2.40. The van der Waals surface area contributed by atoms with Gasteiger partial charge in [-0.2, -0.15) is 0 Å². The minimum atomic E-state index is -1.91. The molecule has 0 aliphatic rings. The van der Waals surface area contributed by atoms with Crippen LogP contribution >= 0.6 is 69.6 Å². The standard InChI is InChI=1S/C4Cl6O/c5-1(3(7)11)2(6)4(8,9)10. The molecule has 0 atom stereocenters. The van der Waals surface area contributed by atoms with Gasteiger partial charge in [-0.25, -0.2) is 0 Å². The Bertz CT molecular complexity index is 201. The molecule has 0 radical (unpaired) electrons. The van der Waals surface area contributed by atoms with Crippen molar-refractivity contribution in [2.75, 3.05) is 0 Å². The SMILES string of the molecule is O=C(Cl)C(Cl)=C(Cl)C(Cl)(Cl)Cl. The zero-order chi connectivity index (χ0) is 9.23. The van der Waals surface area contributed by atoms with Crippen molar-refractivity contribution in [2.45, 2.75) is 3.79 Å². The molecule has 0 amide bonds. The zero-order valence-electron chi connectivity index (χ0n) is 4.68. The molecule has 7 heteroatoms. The first-order chi connectivity index (χ1) is 4.76. The summed E-state index contributed by atoms with van der Waals surface area (Å²) in [6.07, 6.45) is 0. The lowest BCUT2D eigenvalue weighted by atomic mass is 10.5. The Labute approximate surface area is 93.1 Å². The molecule has 0 aromatic heterocycles. The van der Waals surface area contributed by atoms with E-state index >= 15 is 0 Å². The lowest BCUT2D eigenvalue weighted by Crippen LogP contribution is -2.05. The molecule has 0 saturated carbocycles. The van der Waals surface area contributed by atoms with E-state index in [2.05, 4.69) is 0 Å². The minimum Gasteiger partial charge on any atom is -0.275 e. The Balaban J connectivity index is 4.82. The fraction of sp³-hybridized carbons (Fsp3) is 0.250. The third kappa shape index (κ3) is 4.07. The van der Waals surface area contributed by atoms with Crippen LogP contribution in [0, 0.1) is 0 Å². The second kappa shape index (κ2) is 4.40. The molecule has 0 N–H and O–H groups in total. The number of carbonyl (C=O) groups excluding carboxylic acids is 1. The zero-order valence-corrected chi connectivity index (χ0v) is 9.21. The van der Waals surface area contributed by atoms with Crippen LogP contribution in [0.5, 0.6) is 0 Å². The van der Waals surface area contributed by atoms with Gasteiger partial charge in [0.2, 0.25) is 3.79 Å². The van der Waals surface area contributed by atoms with Crippen molar-refractivity contribution in [3.63, 3.8) is 0 Å². The molecule has 0 fully saturated rings. The largest absolute Gasteiger partial charge is 0.275 e. The molecule has 0 aromatic rings. The molecule has 64 valence electrons. The average Bonchev–Trinajstić information content (AvgIpc) is 1.82. The van der Waals surface area contributed by atoms with Gasteiger partial charge in [0, 0.05) is 0 Å². The summed E-state index contributed by atoms with van der Waals surface area (Å²) in [6, 6.07) is 0. The van der Waals surface area contributed by atoms with Crippen LogP contribution in [0.4, 0.5) is 0 Å². The van der Waals surface area contributed by atoms with Crippen LogP contribution in [0.1, 0.15) is 0 Å². The predicted molar refractivity (Wildman–Crippen MR) is 49.9 cm³/mol. The summed E-state index contributed by atoms with van der Waals surface area (Å²) < 4.78 is -1.91. The Hall–Kier alpha value is 1.15. The maximum atomic E-state index is 10.3. The summed E-state index contributed by atoms with van der Waals surface area (Å²) in [5.41, 5.74) is 0. The molecule has 0 bridgehead atoms. The topological polar surface area (TPSA) is 17.1 Å². The van der Waals surface area contributed by atoms with Crippen LogP contribution in [0.2, 0.25) is 0 Å². The molecular formula is C4Cl6O. The van der Waals surface area contributed by atoms with Crippen LogP contribution in [-0.2, 0) is 4.79 Å². The molecule has 0 aromatic carbocycles. The summed E-state index contributed by atoms with van der Waals surface area (Å²) in [7, 11) is 0. The Morgan fingerprint density at radius 3 is 1.45 bits per heavy atom. The van der Waals surface area contributed by atoms with Crippen molar-refractivity contribution in [3.05, 3.63) is 10.1 Å². The lowest BCUT2D eigenvalue weighted by molar-refractivity contribution is -0.108. The number of hydrogen-bond donors (Lipinski definition) is 0. The molecule has 0 heterocycles. The fourth-order valence-electron chi connectivity index (χ4n) is 0.211. The van der Waals surface area contributed by atoms with Gasteiger partial charge in [-0.05, 0) is 11.6 Å². The number of carbonyl (C=O) groups is 1. The molecule has 0 rings (SSSR count). The van der Waals surface area contributed by atoms with Gasteiger partial charge < -0.3 is 0 Å². The Morgan fingerprint density at radius 2 is 1.36 bits per heavy atom. The number of rotatable bonds is 1. The van der Waals surface area contributed by atoms with E-state index in [1.165, 1.54) is 0 Å². The van der Waals surface area contributed by atoms with Crippen LogP contribution in [0.15, 0.2) is 10.1 Å². The van der Waals surface area contributed by atoms with Gasteiger partial charge in [-0.1, -0.05) is 58.0 Å². The van der Waals surface area contributed by atoms with Gasteiger partial charge in [0.05, 0.1) is 5.03 Å². The monoisotopic (exact) mass is 274 g/mol. The van der Waals surface area contributed by atoms with E-state index in [1.807, 2.05) is 0 Å². The lowest BCUT2D eigenvalue weighted by Gasteiger charge is -2.09. The number of hydrogen-bond acceptors (Lipinski definition) is 1. The maximum Gasteiger partial charge on any atom is 0.265 e. The number of alkyl halides is 3. The van der Waals surface area contributed by atoms with Crippen molar-refractivity contribution < 1.29 is 4.79 Å². The highest BCUT2D eigenvalue weighted by molar-refractivity contribution is 6.78. The van der Waals surface area contributed by atoms with Gasteiger partial charge in [-0.3, -0.25) is 4.79 Å². The van der Waals surface area contributed by atoms with E-state index < -0.39 is 19.1 Å². The summed E-state index contributed by atoms with van der Waals surface area (Å²) in [5.74, 6) is 0. The van der Waals surface area contributed by atoms with Crippen molar-refractivity contribution in [2.24, 2.45) is 0 Å². The first-order valence-corrected chi connectivity index (χ1v) is 4.36. The molecule has 0 aliphatic carbocycles. The van der Waals surface area contributed by atoms with Gasteiger partial charge >= 0.3 is 0 Å². The van der Waals surface area contributed by atoms with Crippen LogP contribution in [0.25, 0.3) is 0 Å². The fourth-order valence-corrected chi connectivity index (χ4v) is 1.01. The second-order valence-electron chi connectivity index (χ2n) is 1.40. The Morgan fingerprint density at radius 1 is 1.00 bits per heavy atom. The third-order valence-electron chi connectivity index (χ3n) is 0.614.